The van der Waals surface area contributed by atoms with E-state index in [1.165, 1.54) is 5.56 Å². The van der Waals surface area contributed by atoms with Gasteiger partial charge in [0.1, 0.15) is 19.0 Å². The Balaban J connectivity index is 1.63. The molecule has 0 unspecified atom stereocenters. The van der Waals surface area contributed by atoms with Crippen molar-refractivity contribution in [2.45, 2.75) is 6.42 Å². The van der Waals surface area contributed by atoms with Gasteiger partial charge in [-0.25, -0.2) is 4.68 Å². The van der Waals surface area contributed by atoms with Gasteiger partial charge in [-0.3, -0.25) is 0 Å². The van der Waals surface area contributed by atoms with Crippen molar-refractivity contribution in [2.24, 2.45) is 0 Å². The number of benzene rings is 2. The lowest BCUT2D eigenvalue weighted by molar-refractivity contribution is 0.171. The van der Waals surface area contributed by atoms with Gasteiger partial charge in [-0.1, -0.05) is 28.1 Å². The zero-order valence-corrected chi connectivity index (χ0v) is 15.0. The molecule has 0 aliphatic carbocycles. The minimum atomic E-state index is 0.579. The zero-order valence-electron chi connectivity index (χ0n) is 13.5. The van der Waals surface area contributed by atoms with E-state index in [9.17, 15) is 0 Å². The highest BCUT2D eigenvalue weighted by atomic mass is 79.9. The fourth-order valence-electron chi connectivity index (χ4n) is 3.36. The number of nitrogens with zero attached hydrogens (tertiary/aromatic N) is 2. The first-order valence-corrected chi connectivity index (χ1v) is 9.10. The Morgan fingerprint density at radius 3 is 2.64 bits per heavy atom. The molecule has 0 spiro atoms. The maximum Gasteiger partial charge on any atom is 0.163 e. The van der Waals surface area contributed by atoms with Crippen LogP contribution in [0.5, 0.6) is 11.5 Å². The predicted octanol–water partition coefficient (Wildman–Crippen LogP) is 4.04. The third-order valence-corrected chi connectivity index (χ3v) is 5.07. The second-order valence-corrected chi connectivity index (χ2v) is 7.01. The molecule has 0 atom stereocenters. The van der Waals surface area contributed by atoms with Gasteiger partial charge in [0.2, 0.25) is 0 Å². The summed E-state index contributed by atoms with van der Waals surface area (Å²) in [6.45, 7) is 2.11. The molecule has 5 nitrogen and oxygen atoms in total. The van der Waals surface area contributed by atoms with Crippen LogP contribution >= 0.6 is 15.9 Å². The molecule has 3 heterocycles. The molecule has 0 bridgehead atoms. The number of nitrogens with one attached hydrogen (secondary N) is 1. The molecule has 2 aromatic carbocycles. The number of hydrogen-bond donors (Lipinski definition) is 1. The lowest BCUT2D eigenvalue weighted by Gasteiger charge is -2.19. The van der Waals surface area contributed by atoms with E-state index < -0.39 is 0 Å². The summed E-state index contributed by atoms with van der Waals surface area (Å²) in [7, 11) is 0. The molecule has 126 valence electrons. The van der Waals surface area contributed by atoms with Gasteiger partial charge in [0, 0.05) is 28.2 Å². The SMILES string of the molecule is Brc1ccc(-c2nn(-c3ccc4c(c3)OCCO4)c3c2CCN3)cc1. The summed E-state index contributed by atoms with van der Waals surface area (Å²) in [6.07, 6.45) is 0.977. The van der Waals surface area contributed by atoms with Crippen LogP contribution in [0.1, 0.15) is 5.56 Å². The second kappa shape index (κ2) is 5.81. The van der Waals surface area contributed by atoms with Crippen LogP contribution in [0.15, 0.2) is 46.9 Å². The second-order valence-electron chi connectivity index (χ2n) is 6.10. The molecular weight excluding hydrogens is 382 g/mol. The molecule has 0 radical (unpaired) electrons. The number of ether oxygens (including phenoxy) is 2. The Labute approximate surface area is 153 Å². The van der Waals surface area contributed by atoms with Crippen LogP contribution in [0.4, 0.5) is 5.82 Å². The lowest BCUT2D eigenvalue weighted by atomic mass is 10.1. The van der Waals surface area contributed by atoms with Crippen molar-refractivity contribution in [2.75, 3.05) is 25.1 Å². The number of aromatic nitrogens is 2. The summed E-state index contributed by atoms with van der Waals surface area (Å²) in [4.78, 5) is 0. The molecule has 1 aromatic heterocycles. The number of halogens is 1. The number of anilines is 1. The van der Waals surface area contributed by atoms with Gasteiger partial charge in [0.05, 0.1) is 11.4 Å². The average molecular weight is 398 g/mol. The number of fused-ring (bicyclic) bond motifs is 2. The summed E-state index contributed by atoms with van der Waals surface area (Å²) < 4.78 is 14.4. The first-order chi connectivity index (χ1) is 12.3. The molecule has 5 rings (SSSR count). The van der Waals surface area contributed by atoms with E-state index in [0.29, 0.717) is 13.2 Å². The molecule has 0 saturated carbocycles. The minimum absolute atomic E-state index is 0.579. The molecule has 6 heteroatoms. The van der Waals surface area contributed by atoms with Gasteiger partial charge in [-0.2, -0.15) is 5.10 Å². The summed E-state index contributed by atoms with van der Waals surface area (Å²) in [5, 5.41) is 8.36. The Hall–Kier alpha value is -2.47. The monoisotopic (exact) mass is 397 g/mol. The van der Waals surface area contributed by atoms with Gasteiger partial charge in [0.15, 0.2) is 11.5 Å². The van der Waals surface area contributed by atoms with E-state index in [-0.39, 0.29) is 0 Å². The van der Waals surface area contributed by atoms with Crippen LogP contribution in [0.3, 0.4) is 0 Å². The van der Waals surface area contributed by atoms with E-state index in [0.717, 1.165) is 51.7 Å². The van der Waals surface area contributed by atoms with Gasteiger partial charge < -0.3 is 14.8 Å². The van der Waals surface area contributed by atoms with Crippen molar-refractivity contribution < 1.29 is 9.47 Å². The zero-order chi connectivity index (χ0) is 16.8. The van der Waals surface area contributed by atoms with Gasteiger partial charge in [-0.15, -0.1) is 0 Å². The Morgan fingerprint density at radius 2 is 1.80 bits per heavy atom. The fourth-order valence-corrected chi connectivity index (χ4v) is 3.63. The van der Waals surface area contributed by atoms with Crippen LogP contribution in [0.2, 0.25) is 0 Å². The van der Waals surface area contributed by atoms with Crippen molar-refractivity contribution in [3.05, 3.63) is 52.5 Å². The molecule has 2 aliphatic heterocycles. The summed E-state index contributed by atoms with van der Waals surface area (Å²) in [6, 6.07) is 14.3. The topological polar surface area (TPSA) is 48.3 Å². The molecule has 25 heavy (non-hydrogen) atoms. The van der Waals surface area contributed by atoms with E-state index in [1.54, 1.807) is 0 Å². The highest BCUT2D eigenvalue weighted by Crippen LogP contribution is 2.37. The van der Waals surface area contributed by atoms with E-state index in [4.69, 9.17) is 14.6 Å². The molecule has 2 aliphatic rings. The normalized spacial score (nSPS) is 14.9. The maximum absolute atomic E-state index is 5.72. The highest BCUT2D eigenvalue weighted by molar-refractivity contribution is 9.10. The van der Waals surface area contributed by atoms with E-state index in [2.05, 4.69) is 33.4 Å². The first kappa shape index (κ1) is 14.8. The van der Waals surface area contributed by atoms with Gasteiger partial charge in [0.25, 0.3) is 0 Å². The quantitative estimate of drug-likeness (QED) is 0.708. The largest absolute Gasteiger partial charge is 0.486 e. The lowest BCUT2D eigenvalue weighted by Crippen LogP contribution is -2.15. The van der Waals surface area contributed by atoms with Crippen LogP contribution in [-0.4, -0.2) is 29.5 Å². The number of rotatable bonds is 2. The van der Waals surface area contributed by atoms with Gasteiger partial charge in [-0.05, 0) is 30.7 Å². The van der Waals surface area contributed by atoms with Crippen LogP contribution in [0, 0.1) is 0 Å². The third kappa shape index (κ3) is 2.48. The smallest absolute Gasteiger partial charge is 0.163 e. The van der Waals surface area contributed by atoms with E-state index >= 15 is 0 Å². The first-order valence-electron chi connectivity index (χ1n) is 8.31. The van der Waals surface area contributed by atoms with E-state index in [1.807, 2.05) is 35.0 Å². The Kier molecular flexibility index (Phi) is 3.45. The maximum atomic E-state index is 5.72. The molecule has 3 aromatic rings. The number of hydrogen-bond acceptors (Lipinski definition) is 4. The molecular formula is C19H16BrN3O2. The summed E-state index contributed by atoms with van der Waals surface area (Å²) >= 11 is 3.49. The van der Waals surface area contributed by atoms with Gasteiger partial charge >= 0.3 is 0 Å². The summed E-state index contributed by atoms with van der Waals surface area (Å²) in [5.41, 5.74) is 4.39. The summed E-state index contributed by atoms with van der Waals surface area (Å²) in [5.74, 6) is 2.63. The average Bonchev–Trinajstić information content (AvgIpc) is 3.25. The van der Waals surface area contributed by atoms with Crippen molar-refractivity contribution in [1.29, 1.82) is 0 Å². The third-order valence-electron chi connectivity index (χ3n) is 4.54. The van der Waals surface area contributed by atoms with Crippen LogP contribution in [0.25, 0.3) is 16.9 Å². The Bertz CT molecular complexity index is 950. The highest BCUT2D eigenvalue weighted by Gasteiger charge is 2.24. The Morgan fingerprint density at radius 1 is 1.00 bits per heavy atom. The van der Waals surface area contributed by atoms with Crippen molar-refractivity contribution in [3.63, 3.8) is 0 Å². The molecule has 0 amide bonds. The minimum Gasteiger partial charge on any atom is -0.486 e. The molecule has 0 saturated heterocycles. The van der Waals surface area contributed by atoms with Crippen molar-refractivity contribution in [3.8, 4) is 28.4 Å². The predicted molar refractivity (Wildman–Crippen MR) is 99.9 cm³/mol. The molecule has 1 N–H and O–H groups in total. The van der Waals surface area contributed by atoms with Crippen LogP contribution in [-0.2, 0) is 6.42 Å². The van der Waals surface area contributed by atoms with Crippen molar-refractivity contribution in [1.82, 2.24) is 9.78 Å². The molecule has 0 fully saturated rings. The standard InChI is InChI=1S/C19H16BrN3O2/c20-13-3-1-12(2-4-13)18-15-7-8-21-19(15)23(22-18)14-5-6-16-17(11-14)25-10-9-24-16/h1-6,11,21H,7-10H2. The fraction of sp³-hybridized carbons (Fsp3) is 0.211. The van der Waals surface area contributed by atoms with Crippen LogP contribution < -0.4 is 14.8 Å². The van der Waals surface area contributed by atoms with Crippen molar-refractivity contribution >= 4 is 21.7 Å².